The van der Waals surface area contributed by atoms with Crippen LogP contribution in [0.25, 0.3) is 11.1 Å². The van der Waals surface area contributed by atoms with Crippen LogP contribution in [-0.4, -0.2) is 10.9 Å². The van der Waals surface area contributed by atoms with E-state index in [1.807, 2.05) is 36.4 Å². The van der Waals surface area contributed by atoms with Crippen LogP contribution in [0.5, 0.6) is 5.75 Å². The van der Waals surface area contributed by atoms with Crippen molar-refractivity contribution >= 4 is 12.6 Å². The minimum absolute atomic E-state index is 0.282. The van der Waals surface area contributed by atoms with Crippen LogP contribution in [0, 0.1) is 11.8 Å². The third-order valence-corrected chi connectivity index (χ3v) is 2.56. The highest BCUT2D eigenvalue weighted by molar-refractivity contribution is 7.80. The first kappa shape index (κ1) is 11.6. The number of hydrogen-bond donors (Lipinski definition) is 2. The van der Waals surface area contributed by atoms with Gasteiger partial charge in [0.1, 0.15) is 5.75 Å². The van der Waals surface area contributed by atoms with Crippen molar-refractivity contribution in [1.82, 2.24) is 0 Å². The molecule has 84 valence electrons. The second-order valence-electron chi connectivity index (χ2n) is 3.58. The molecule has 1 nitrogen and oxygen atoms in total. The van der Waals surface area contributed by atoms with E-state index in [-0.39, 0.29) is 5.75 Å². The third kappa shape index (κ3) is 3.05. The van der Waals surface area contributed by atoms with Gasteiger partial charge in [-0.15, -0.1) is 0 Å². The smallest absolute Gasteiger partial charge is 0.115 e. The van der Waals surface area contributed by atoms with Gasteiger partial charge in [-0.3, -0.25) is 0 Å². The maximum absolute atomic E-state index is 9.22. The minimum Gasteiger partial charge on any atom is -0.508 e. The van der Waals surface area contributed by atoms with E-state index >= 15 is 0 Å². The van der Waals surface area contributed by atoms with Crippen LogP contribution >= 0.6 is 12.6 Å². The van der Waals surface area contributed by atoms with Gasteiger partial charge in [0.15, 0.2) is 0 Å². The Labute approximate surface area is 107 Å². The molecular formula is C15H12OS. The van der Waals surface area contributed by atoms with Crippen molar-refractivity contribution in [3.63, 3.8) is 0 Å². The van der Waals surface area contributed by atoms with E-state index in [2.05, 4.69) is 24.5 Å². The molecule has 0 aromatic heterocycles. The Kier molecular flexibility index (Phi) is 3.74. The third-order valence-electron chi connectivity index (χ3n) is 2.40. The van der Waals surface area contributed by atoms with Crippen molar-refractivity contribution in [3.05, 3.63) is 54.1 Å². The van der Waals surface area contributed by atoms with Gasteiger partial charge in [-0.05, 0) is 35.4 Å². The van der Waals surface area contributed by atoms with E-state index in [1.54, 1.807) is 12.1 Å². The van der Waals surface area contributed by atoms with Crippen LogP contribution in [0.15, 0.2) is 48.5 Å². The molecule has 0 bridgehead atoms. The zero-order chi connectivity index (χ0) is 12.1. The highest BCUT2D eigenvalue weighted by atomic mass is 32.1. The summed E-state index contributed by atoms with van der Waals surface area (Å²) in [5.41, 5.74) is 3.18. The summed E-state index contributed by atoms with van der Waals surface area (Å²) in [6.45, 7) is 0. The zero-order valence-corrected chi connectivity index (χ0v) is 10.1. The van der Waals surface area contributed by atoms with Crippen LogP contribution in [0.1, 0.15) is 5.56 Å². The molecule has 0 saturated heterocycles. The molecule has 0 aliphatic heterocycles. The highest BCUT2D eigenvalue weighted by Crippen LogP contribution is 2.21. The molecule has 2 rings (SSSR count). The molecule has 0 fully saturated rings. The van der Waals surface area contributed by atoms with Gasteiger partial charge in [0.05, 0.1) is 5.75 Å². The van der Waals surface area contributed by atoms with Crippen molar-refractivity contribution in [2.24, 2.45) is 0 Å². The zero-order valence-electron chi connectivity index (χ0n) is 9.22. The molecule has 2 aromatic carbocycles. The first-order chi connectivity index (χ1) is 8.29. The van der Waals surface area contributed by atoms with Gasteiger partial charge in [0.2, 0.25) is 0 Å². The maximum Gasteiger partial charge on any atom is 0.115 e. The van der Waals surface area contributed by atoms with Gasteiger partial charge < -0.3 is 5.11 Å². The lowest BCUT2D eigenvalue weighted by Gasteiger charge is -2.01. The number of phenols is 1. The second kappa shape index (κ2) is 5.47. The molecule has 0 aliphatic rings. The summed E-state index contributed by atoms with van der Waals surface area (Å²) < 4.78 is 0. The fourth-order valence-corrected chi connectivity index (χ4v) is 1.62. The molecule has 17 heavy (non-hydrogen) atoms. The molecule has 2 aromatic rings. The number of aromatic hydroxyl groups is 1. The lowest BCUT2D eigenvalue weighted by atomic mass is 10.0. The minimum atomic E-state index is 0.282. The Bertz CT molecular complexity index is 544. The van der Waals surface area contributed by atoms with Gasteiger partial charge in [-0.2, -0.15) is 12.6 Å². The Morgan fingerprint density at radius 2 is 1.41 bits per heavy atom. The monoisotopic (exact) mass is 240 g/mol. The number of rotatable bonds is 1. The highest BCUT2D eigenvalue weighted by Gasteiger charge is 1.97. The fourth-order valence-electron chi connectivity index (χ4n) is 1.54. The summed E-state index contributed by atoms with van der Waals surface area (Å²) >= 11 is 4.04. The number of hydrogen-bond acceptors (Lipinski definition) is 2. The molecule has 0 heterocycles. The first-order valence-electron chi connectivity index (χ1n) is 5.29. The van der Waals surface area contributed by atoms with E-state index in [0.29, 0.717) is 5.75 Å². The molecule has 0 spiro atoms. The van der Waals surface area contributed by atoms with Crippen LogP contribution in [-0.2, 0) is 0 Å². The number of phenolic OH excluding ortho intramolecular Hbond substituents is 1. The Hall–Kier alpha value is -1.85. The Balaban J connectivity index is 2.26. The van der Waals surface area contributed by atoms with Crippen molar-refractivity contribution < 1.29 is 5.11 Å². The largest absolute Gasteiger partial charge is 0.508 e. The Morgan fingerprint density at radius 1 is 0.882 bits per heavy atom. The fraction of sp³-hybridized carbons (Fsp3) is 0.0667. The van der Waals surface area contributed by atoms with Crippen LogP contribution in [0.2, 0.25) is 0 Å². The standard InChI is InChI=1S/C15H12OS/c16-15-9-7-14(8-10-15)13-5-3-12(4-6-13)2-1-11-17/h3-10,16-17H,11H2. The molecule has 2 heteroatoms. The predicted molar refractivity (Wildman–Crippen MR) is 74.3 cm³/mol. The van der Waals surface area contributed by atoms with Gasteiger partial charge in [-0.1, -0.05) is 36.1 Å². The van der Waals surface area contributed by atoms with E-state index in [4.69, 9.17) is 0 Å². The summed E-state index contributed by atoms with van der Waals surface area (Å²) in [6.07, 6.45) is 0. The average Bonchev–Trinajstić information content (AvgIpc) is 2.38. The van der Waals surface area contributed by atoms with Gasteiger partial charge in [0, 0.05) is 5.56 Å². The van der Waals surface area contributed by atoms with E-state index in [0.717, 1.165) is 16.7 Å². The normalized spacial score (nSPS) is 9.47. The molecule has 0 radical (unpaired) electrons. The molecule has 0 aliphatic carbocycles. The maximum atomic E-state index is 9.22. The van der Waals surface area contributed by atoms with Crippen LogP contribution < -0.4 is 0 Å². The van der Waals surface area contributed by atoms with Crippen molar-refractivity contribution in [1.29, 1.82) is 0 Å². The Morgan fingerprint density at radius 3 is 1.94 bits per heavy atom. The lowest BCUT2D eigenvalue weighted by molar-refractivity contribution is 0.475. The SMILES string of the molecule is Oc1ccc(-c2ccc(C#CCS)cc2)cc1. The van der Waals surface area contributed by atoms with Gasteiger partial charge in [-0.25, -0.2) is 0 Å². The summed E-state index contributed by atoms with van der Waals surface area (Å²) in [5.74, 6) is 6.78. The quantitative estimate of drug-likeness (QED) is 0.578. The molecule has 1 N–H and O–H groups in total. The van der Waals surface area contributed by atoms with Gasteiger partial charge in [0.25, 0.3) is 0 Å². The summed E-state index contributed by atoms with van der Waals surface area (Å²) in [5, 5.41) is 9.22. The molecule has 0 saturated carbocycles. The second-order valence-corrected chi connectivity index (χ2v) is 3.90. The number of benzene rings is 2. The van der Waals surface area contributed by atoms with E-state index in [9.17, 15) is 5.11 Å². The summed E-state index contributed by atoms with van der Waals surface area (Å²) in [4.78, 5) is 0. The van der Waals surface area contributed by atoms with Crippen LogP contribution in [0.4, 0.5) is 0 Å². The summed E-state index contributed by atoms with van der Waals surface area (Å²) in [6, 6.07) is 15.2. The van der Waals surface area contributed by atoms with Gasteiger partial charge >= 0.3 is 0 Å². The lowest BCUT2D eigenvalue weighted by Crippen LogP contribution is -1.79. The molecule has 0 atom stereocenters. The molecule has 0 amide bonds. The van der Waals surface area contributed by atoms with E-state index < -0.39 is 0 Å². The topological polar surface area (TPSA) is 20.2 Å². The molecular weight excluding hydrogens is 228 g/mol. The van der Waals surface area contributed by atoms with Crippen molar-refractivity contribution in [2.45, 2.75) is 0 Å². The summed E-state index contributed by atoms with van der Waals surface area (Å²) in [7, 11) is 0. The van der Waals surface area contributed by atoms with Crippen molar-refractivity contribution in [2.75, 3.05) is 5.75 Å². The van der Waals surface area contributed by atoms with Crippen molar-refractivity contribution in [3.8, 4) is 28.7 Å². The first-order valence-corrected chi connectivity index (χ1v) is 5.92. The average molecular weight is 240 g/mol. The number of thiol groups is 1. The predicted octanol–water partition coefficient (Wildman–Crippen LogP) is 3.34. The molecule has 0 unspecified atom stereocenters. The van der Waals surface area contributed by atoms with Crippen LogP contribution in [0.3, 0.4) is 0 Å². The van der Waals surface area contributed by atoms with E-state index in [1.165, 1.54) is 0 Å².